The van der Waals surface area contributed by atoms with Gasteiger partial charge in [0.2, 0.25) is 0 Å². The van der Waals surface area contributed by atoms with Crippen molar-refractivity contribution in [1.82, 2.24) is 19.5 Å². The third kappa shape index (κ3) is 1.68. The van der Waals surface area contributed by atoms with Crippen molar-refractivity contribution in [3.8, 4) is 0 Å². The normalized spacial score (nSPS) is 40.8. The highest BCUT2D eigenvalue weighted by Crippen LogP contribution is 2.56. The molecule has 4 N–H and O–H groups in total. The van der Waals surface area contributed by atoms with Gasteiger partial charge in [0.15, 0.2) is 17.2 Å². The maximum Gasteiger partial charge on any atom is 0.176 e. The molecule has 8 nitrogen and oxygen atoms in total. The average molecular weight is 321 g/mol. The molecular formula is C15H23N5O3. The molecule has 23 heavy (non-hydrogen) atoms. The Morgan fingerprint density at radius 1 is 1.13 bits per heavy atom. The van der Waals surface area contributed by atoms with E-state index in [1.165, 1.54) is 12.7 Å². The Kier molecular flexibility index (Phi) is 3.08. The molecule has 1 fully saturated rings. The van der Waals surface area contributed by atoms with Gasteiger partial charge in [-0.05, 0) is 34.1 Å². The molecule has 0 radical (unpaired) electrons. The van der Waals surface area contributed by atoms with Crippen molar-refractivity contribution in [2.75, 3.05) is 5.73 Å². The van der Waals surface area contributed by atoms with Gasteiger partial charge in [0.25, 0.3) is 0 Å². The molecule has 2 aromatic heterocycles. The molecule has 3 rings (SSSR count). The maximum absolute atomic E-state index is 11.2. The van der Waals surface area contributed by atoms with Crippen molar-refractivity contribution in [3.05, 3.63) is 12.7 Å². The summed E-state index contributed by atoms with van der Waals surface area (Å²) in [6.45, 7) is 8.55. The van der Waals surface area contributed by atoms with E-state index in [1.54, 1.807) is 32.3 Å². The first-order valence-corrected chi connectivity index (χ1v) is 7.61. The summed E-state index contributed by atoms with van der Waals surface area (Å²) in [5, 5.41) is 22.2. The lowest BCUT2D eigenvalue weighted by atomic mass is 9.72. The van der Waals surface area contributed by atoms with Crippen LogP contribution in [0.5, 0.6) is 0 Å². The summed E-state index contributed by atoms with van der Waals surface area (Å²) in [7, 11) is 0. The van der Waals surface area contributed by atoms with E-state index in [2.05, 4.69) is 15.0 Å². The number of hydrogen-bond acceptors (Lipinski definition) is 7. The van der Waals surface area contributed by atoms with Gasteiger partial charge in [-0.1, -0.05) is 6.92 Å². The molecule has 8 heteroatoms. The fourth-order valence-electron chi connectivity index (χ4n) is 3.47. The predicted octanol–water partition coefficient (Wildman–Crippen LogP) is 0.782. The maximum atomic E-state index is 11.2. The van der Waals surface area contributed by atoms with Crippen molar-refractivity contribution < 1.29 is 14.9 Å². The van der Waals surface area contributed by atoms with Crippen molar-refractivity contribution in [2.24, 2.45) is 0 Å². The van der Waals surface area contributed by atoms with Crippen LogP contribution < -0.4 is 5.73 Å². The lowest BCUT2D eigenvalue weighted by Gasteiger charge is -2.42. The van der Waals surface area contributed by atoms with Gasteiger partial charge in [-0.2, -0.15) is 0 Å². The number of hydrogen-bond donors (Lipinski definition) is 3. The number of imidazole rings is 1. The van der Waals surface area contributed by atoms with Crippen molar-refractivity contribution >= 4 is 17.0 Å². The highest BCUT2D eigenvalue weighted by atomic mass is 16.6. The fourth-order valence-corrected chi connectivity index (χ4v) is 3.47. The van der Waals surface area contributed by atoms with Gasteiger partial charge in [-0.15, -0.1) is 0 Å². The minimum atomic E-state index is -1.60. The zero-order valence-electron chi connectivity index (χ0n) is 14.0. The summed E-state index contributed by atoms with van der Waals surface area (Å²) in [6, 6.07) is 0. The number of nitrogen functional groups attached to an aromatic ring is 1. The number of nitrogens with zero attached hydrogens (tertiary/aromatic N) is 4. The molecule has 1 aliphatic heterocycles. The van der Waals surface area contributed by atoms with Gasteiger partial charge in [0.05, 0.1) is 11.9 Å². The van der Waals surface area contributed by atoms with Gasteiger partial charge in [0, 0.05) is 0 Å². The van der Waals surface area contributed by atoms with E-state index in [0.29, 0.717) is 17.6 Å². The number of rotatable bonds is 2. The molecule has 3 heterocycles. The van der Waals surface area contributed by atoms with E-state index in [4.69, 9.17) is 10.5 Å². The summed E-state index contributed by atoms with van der Waals surface area (Å²) in [6.07, 6.45) is 3.36. The van der Waals surface area contributed by atoms with Gasteiger partial charge >= 0.3 is 0 Å². The zero-order chi connectivity index (χ0) is 17.3. The number of fused-ring (bicyclic) bond motifs is 1. The Hall–Kier alpha value is -1.77. The van der Waals surface area contributed by atoms with Crippen LogP contribution in [0.3, 0.4) is 0 Å². The summed E-state index contributed by atoms with van der Waals surface area (Å²) in [5.74, 6) is 0.250. The van der Waals surface area contributed by atoms with Crippen LogP contribution in [0.1, 0.15) is 41.0 Å². The van der Waals surface area contributed by atoms with Gasteiger partial charge < -0.3 is 20.7 Å². The van der Waals surface area contributed by atoms with Crippen LogP contribution >= 0.6 is 0 Å². The molecular weight excluding hydrogens is 298 g/mol. The molecule has 4 atom stereocenters. The highest BCUT2D eigenvalue weighted by Gasteiger charge is 2.72. The lowest BCUT2D eigenvalue weighted by molar-refractivity contribution is -0.189. The first-order valence-electron chi connectivity index (χ1n) is 7.61. The second kappa shape index (κ2) is 4.40. The molecule has 0 aromatic carbocycles. The van der Waals surface area contributed by atoms with Crippen LogP contribution in [0.2, 0.25) is 0 Å². The van der Waals surface area contributed by atoms with Crippen molar-refractivity contribution in [2.45, 2.75) is 63.6 Å². The minimum Gasteiger partial charge on any atom is -0.384 e. The molecule has 0 saturated carbocycles. The van der Waals surface area contributed by atoms with Crippen LogP contribution in [-0.2, 0) is 10.5 Å². The molecule has 4 unspecified atom stereocenters. The number of anilines is 1. The Morgan fingerprint density at radius 2 is 1.78 bits per heavy atom. The molecule has 126 valence electrons. The van der Waals surface area contributed by atoms with Crippen molar-refractivity contribution in [3.63, 3.8) is 0 Å². The van der Waals surface area contributed by atoms with Gasteiger partial charge in [-0.3, -0.25) is 4.57 Å². The van der Waals surface area contributed by atoms with Crippen LogP contribution in [0, 0.1) is 0 Å². The quantitative estimate of drug-likeness (QED) is 0.747. The van der Waals surface area contributed by atoms with Gasteiger partial charge in [0.1, 0.15) is 23.0 Å². The Balaban J connectivity index is 2.27. The number of ether oxygens (including phenoxy) is 1. The molecule has 0 spiro atoms. The summed E-state index contributed by atoms with van der Waals surface area (Å²) in [4.78, 5) is 12.4. The van der Waals surface area contributed by atoms with Crippen LogP contribution in [0.4, 0.5) is 5.82 Å². The van der Waals surface area contributed by atoms with Crippen molar-refractivity contribution in [1.29, 1.82) is 0 Å². The van der Waals surface area contributed by atoms with E-state index >= 15 is 0 Å². The zero-order valence-corrected chi connectivity index (χ0v) is 14.0. The monoisotopic (exact) mass is 321 g/mol. The van der Waals surface area contributed by atoms with E-state index in [0.717, 1.165) is 0 Å². The fraction of sp³-hybridized carbons (Fsp3) is 0.667. The second-order valence-electron chi connectivity index (χ2n) is 6.86. The summed E-state index contributed by atoms with van der Waals surface area (Å²) < 4.78 is 7.84. The molecule has 1 saturated heterocycles. The molecule has 1 aliphatic rings. The van der Waals surface area contributed by atoms with Crippen LogP contribution in [0.25, 0.3) is 11.2 Å². The van der Waals surface area contributed by atoms with E-state index in [1.807, 2.05) is 6.92 Å². The number of aromatic nitrogens is 4. The highest BCUT2D eigenvalue weighted by molar-refractivity contribution is 5.81. The predicted molar refractivity (Wildman–Crippen MR) is 84.4 cm³/mol. The molecule has 0 aliphatic carbocycles. The second-order valence-corrected chi connectivity index (χ2v) is 6.86. The average Bonchev–Trinajstić information content (AvgIpc) is 2.95. The first kappa shape index (κ1) is 16.1. The lowest BCUT2D eigenvalue weighted by Crippen LogP contribution is -2.62. The first-order chi connectivity index (χ1) is 10.5. The third-order valence-electron chi connectivity index (χ3n) is 5.80. The topological polar surface area (TPSA) is 119 Å². The molecule has 0 amide bonds. The standard InChI is InChI=1S/C15H23N5O3/c1-6-12(2)13(3,21)14(4,22)15(5,23-12)20-8-19-9-10(16)17-7-18-11(9)20/h7-8,21-22H,6H2,1-5H3,(H2,16,17,18). The minimum absolute atomic E-state index is 0.250. The molecule has 0 bridgehead atoms. The van der Waals surface area contributed by atoms with Gasteiger partial charge in [-0.25, -0.2) is 15.0 Å². The summed E-state index contributed by atoms with van der Waals surface area (Å²) >= 11 is 0. The van der Waals surface area contributed by atoms with Crippen LogP contribution in [-0.4, -0.2) is 46.5 Å². The van der Waals surface area contributed by atoms with E-state index in [9.17, 15) is 10.2 Å². The smallest absolute Gasteiger partial charge is 0.176 e. The largest absolute Gasteiger partial charge is 0.384 e. The van der Waals surface area contributed by atoms with Crippen LogP contribution in [0.15, 0.2) is 12.7 Å². The van der Waals surface area contributed by atoms with E-state index < -0.39 is 22.5 Å². The Morgan fingerprint density at radius 3 is 2.35 bits per heavy atom. The number of aliphatic hydroxyl groups is 2. The Bertz CT molecular complexity index is 772. The molecule has 2 aromatic rings. The summed E-state index contributed by atoms with van der Waals surface area (Å²) in [5.41, 5.74) is 1.39. The number of nitrogens with two attached hydrogens (primary N) is 1. The third-order valence-corrected chi connectivity index (χ3v) is 5.80. The van der Waals surface area contributed by atoms with E-state index in [-0.39, 0.29) is 5.82 Å². The SMILES string of the molecule is CCC1(C)OC(C)(n2cnc3c(N)ncnc32)C(C)(O)C1(C)O. The Labute approximate surface area is 134 Å².